The van der Waals surface area contributed by atoms with Crippen molar-refractivity contribution in [2.45, 2.75) is 6.54 Å². The molecule has 2 rings (SSSR count). The Balaban J connectivity index is 2.05. The number of hydrogen-bond donors (Lipinski definition) is 1. The van der Waals surface area contributed by atoms with Gasteiger partial charge in [0.25, 0.3) is 0 Å². The molecule has 0 unspecified atom stereocenters. The lowest BCUT2D eigenvalue weighted by Crippen LogP contribution is -1.87. The van der Waals surface area contributed by atoms with Gasteiger partial charge in [0.2, 0.25) is 0 Å². The molecule has 0 aliphatic carbocycles. The van der Waals surface area contributed by atoms with Crippen LogP contribution in [0.5, 0.6) is 11.5 Å². The van der Waals surface area contributed by atoms with Crippen LogP contribution in [-0.4, -0.2) is 18.4 Å². The number of phenols is 1. The van der Waals surface area contributed by atoms with Crippen LogP contribution in [0.4, 0.5) is 0 Å². The van der Waals surface area contributed by atoms with Crippen molar-refractivity contribution in [3.8, 4) is 11.5 Å². The average molecular weight is 231 g/mol. The number of methoxy groups -OCH3 is 1. The minimum atomic E-state index is 0.121. The van der Waals surface area contributed by atoms with Crippen LogP contribution in [0.3, 0.4) is 0 Å². The lowest BCUT2D eigenvalue weighted by atomic mass is 10.2. The molecule has 0 saturated carbocycles. The largest absolute Gasteiger partial charge is 0.504 e. The monoisotopic (exact) mass is 231 g/mol. The lowest BCUT2D eigenvalue weighted by Gasteiger charge is -2.03. The standard InChI is InChI=1S/C13H13NO3/c1-16-13-7-10(4-5-12(13)15)8-14-9-11-3-2-6-17-11/h2-8,15H,9H2,1H3/b14-8+. The molecule has 1 aromatic carbocycles. The summed E-state index contributed by atoms with van der Waals surface area (Å²) < 4.78 is 10.2. The van der Waals surface area contributed by atoms with E-state index in [-0.39, 0.29) is 5.75 Å². The third kappa shape index (κ3) is 2.87. The first-order chi connectivity index (χ1) is 8.29. The van der Waals surface area contributed by atoms with Gasteiger partial charge in [0.05, 0.1) is 19.9 Å². The van der Waals surface area contributed by atoms with Crippen LogP contribution in [0.1, 0.15) is 11.3 Å². The Bertz CT molecular complexity index is 503. The zero-order valence-electron chi connectivity index (χ0n) is 9.46. The molecule has 17 heavy (non-hydrogen) atoms. The summed E-state index contributed by atoms with van der Waals surface area (Å²) in [7, 11) is 1.51. The molecule has 1 N–H and O–H groups in total. The Labute approximate surface area is 99.2 Å². The van der Waals surface area contributed by atoms with Crippen LogP contribution < -0.4 is 4.74 Å². The molecular formula is C13H13NO3. The van der Waals surface area contributed by atoms with Crippen LogP contribution in [0.25, 0.3) is 0 Å². The quantitative estimate of drug-likeness (QED) is 0.823. The number of ether oxygens (including phenoxy) is 1. The Morgan fingerprint density at radius 3 is 3.00 bits per heavy atom. The molecule has 0 fully saturated rings. The normalized spacial score (nSPS) is 10.9. The summed E-state index contributed by atoms with van der Waals surface area (Å²) in [5, 5.41) is 9.43. The number of aliphatic imine (C=N–C) groups is 1. The van der Waals surface area contributed by atoms with E-state index in [4.69, 9.17) is 9.15 Å². The predicted molar refractivity (Wildman–Crippen MR) is 64.7 cm³/mol. The van der Waals surface area contributed by atoms with Gasteiger partial charge in [-0.3, -0.25) is 4.99 Å². The zero-order chi connectivity index (χ0) is 12.1. The molecule has 4 nitrogen and oxygen atoms in total. The molecule has 0 bridgehead atoms. The highest BCUT2D eigenvalue weighted by atomic mass is 16.5. The van der Waals surface area contributed by atoms with Gasteiger partial charge in [0.1, 0.15) is 5.76 Å². The van der Waals surface area contributed by atoms with Crippen molar-refractivity contribution < 1.29 is 14.3 Å². The van der Waals surface area contributed by atoms with Crippen molar-refractivity contribution in [1.29, 1.82) is 0 Å². The molecule has 2 aromatic rings. The van der Waals surface area contributed by atoms with Crippen LogP contribution >= 0.6 is 0 Å². The Kier molecular flexibility index (Phi) is 3.45. The van der Waals surface area contributed by atoms with Gasteiger partial charge in [-0.05, 0) is 35.9 Å². The molecule has 88 valence electrons. The molecule has 0 spiro atoms. The highest BCUT2D eigenvalue weighted by Crippen LogP contribution is 2.25. The first-order valence-corrected chi connectivity index (χ1v) is 5.19. The van der Waals surface area contributed by atoms with E-state index in [1.54, 1.807) is 30.7 Å². The molecule has 1 aromatic heterocycles. The maximum absolute atomic E-state index is 9.43. The maximum Gasteiger partial charge on any atom is 0.161 e. The fourth-order valence-corrected chi connectivity index (χ4v) is 1.42. The van der Waals surface area contributed by atoms with E-state index in [1.165, 1.54) is 7.11 Å². The first-order valence-electron chi connectivity index (χ1n) is 5.19. The number of nitrogens with zero attached hydrogens (tertiary/aromatic N) is 1. The van der Waals surface area contributed by atoms with Crippen molar-refractivity contribution in [3.63, 3.8) is 0 Å². The van der Waals surface area contributed by atoms with Crippen molar-refractivity contribution in [1.82, 2.24) is 0 Å². The second-order valence-electron chi connectivity index (χ2n) is 3.48. The van der Waals surface area contributed by atoms with Crippen molar-refractivity contribution in [2.75, 3.05) is 7.11 Å². The average Bonchev–Trinajstić information content (AvgIpc) is 2.84. The fraction of sp³-hybridized carbons (Fsp3) is 0.154. The van der Waals surface area contributed by atoms with Gasteiger partial charge in [-0.1, -0.05) is 0 Å². The fourth-order valence-electron chi connectivity index (χ4n) is 1.42. The summed E-state index contributed by atoms with van der Waals surface area (Å²) >= 11 is 0. The molecule has 0 saturated heterocycles. The first kappa shape index (κ1) is 11.3. The molecule has 0 aliphatic heterocycles. The minimum absolute atomic E-state index is 0.121. The zero-order valence-corrected chi connectivity index (χ0v) is 9.46. The third-order valence-corrected chi connectivity index (χ3v) is 2.27. The van der Waals surface area contributed by atoms with E-state index < -0.39 is 0 Å². The highest BCUT2D eigenvalue weighted by Gasteiger charge is 2.00. The van der Waals surface area contributed by atoms with Gasteiger partial charge in [-0.15, -0.1) is 0 Å². The van der Waals surface area contributed by atoms with Crippen LogP contribution in [-0.2, 0) is 6.54 Å². The smallest absolute Gasteiger partial charge is 0.161 e. The molecule has 0 radical (unpaired) electrons. The maximum atomic E-state index is 9.43. The molecule has 0 atom stereocenters. The summed E-state index contributed by atoms with van der Waals surface area (Å²) in [5.41, 5.74) is 0.867. The molecule has 0 amide bonds. The molecule has 1 heterocycles. The topological polar surface area (TPSA) is 55.0 Å². The van der Waals surface area contributed by atoms with Crippen LogP contribution in [0, 0.1) is 0 Å². The Hall–Kier alpha value is -2.23. The second-order valence-corrected chi connectivity index (χ2v) is 3.48. The van der Waals surface area contributed by atoms with Crippen LogP contribution in [0.2, 0.25) is 0 Å². The lowest BCUT2D eigenvalue weighted by molar-refractivity contribution is 0.373. The number of furan rings is 1. The third-order valence-electron chi connectivity index (χ3n) is 2.27. The van der Waals surface area contributed by atoms with Crippen molar-refractivity contribution in [3.05, 3.63) is 47.9 Å². The number of hydrogen-bond acceptors (Lipinski definition) is 4. The SMILES string of the molecule is COc1cc(/C=N/Cc2ccco2)ccc1O. The highest BCUT2D eigenvalue weighted by molar-refractivity contribution is 5.80. The van der Waals surface area contributed by atoms with Gasteiger partial charge in [0, 0.05) is 6.21 Å². The van der Waals surface area contributed by atoms with Gasteiger partial charge in [-0.2, -0.15) is 0 Å². The molecule has 0 aliphatic rings. The number of rotatable bonds is 4. The minimum Gasteiger partial charge on any atom is -0.504 e. The summed E-state index contributed by atoms with van der Waals surface area (Å²) in [6.07, 6.45) is 3.33. The molecule has 4 heteroatoms. The van der Waals surface area contributed by atoms with Gasteiger partial charge >= 0.3 is 0 Å². The van der Waals surface area contributed by atoms with Crippen molar-refractivity contribution >= 4 is 6.21 Å². The van der Waals surface area contributed by atoms with Gasteiger partial charge in [0.15, 0.2) is 11.5 Å². The summed E-state index contributed by atoms with van der Waals surface area (Å²) in [6, 6.07) is 8.76. The van der Waals surface area contributed by atoms with E-state index in [2.05, 4.69) is 4.99 Å². The Morgan fingerprint density at radius 1 is 1.41 bits per heavy atom. The van der Waals surface area contributed by atoms with E-state index in [1.807, 2.05) is 12.1 Å². The number of benzene rings is 1. The van der Waals surface area contributed by atoms with E-state index in [0.29, 0.717) is 12.3 Å². The summed E-state index contributed by atoms with van der Waals surface area (Å²) in [4.78, 5) is 4.23. The van der Waals surface area contributed by atoms with Crippen LogP contribution in [0.15, 0.2) is 46.0 Å². The molecular weight excluding hydrogens is 218 g/mol. The van der Waals surface area contributed by atoms with E-state index in [0.717, 1.165) is 11.3 Å². The number of phenolic OH excluding ortho intramolecular Hbond substituents is 1. The van der Waals surface area contributed by atoms with Gasteiger partial charge in [-0.25, -0.2) is 0 Å². The van der Waals surface area contributed by atoms with E-state index >= 15 is 0 Å². The van der Waals surface area contributed by atoms with E-state index in [9.17, 15) is 5.11 Å². The van der Waals surface area contributed by atoms with Gasteiger partial charge < -0.3 is 14.3 Å². The Morgan fingerprint density at radius 2 is 2.29 bits per heavy atom. The summed E-state index contributed by atoms with van der Waals surface area (Å²) in [5.74, 6) is 1.37. The van der Waals surface area contributed by atoms with Crippen molar-refractivity contribution in [2.24, 2.45) is 4.99 Å². The summed E-state index contributed by atoms with van der Waals surface area (Å²) in [6.45, 7) is 0.496. The second kappa shape index (κ2) is 5.21. The number of aromatic hydroxyl groups is 1. The predicted octanol–water partition coefficient (Wildman–Crippen LogP) is 2.61.